The van der Waals surface area contributed by atoms with Gasteiger partial charge in [-0.25, -0.2) is 0 Å². The first-order chi connectivity index (χ1) is 8.31. The second-order valence-corrected chi connectivity index (χ2v) is 4.04. The van der Waals surface area contributed by atoms with E-state index < -0.39 is 0 Å². The Labute approximate surface area is 102 Å². The Balaban J connectivity index is 2.52. The number of ether oxygens (including phenoxy) is 1. The first-order valence-corrected chi connectivity index (χ1v) is 6.17. The first kappa shape index (κ1) is 12.0. The summed E-state index contributed by atoms with van der Waals surface area (Å²) in [6.07, 6.45) is 1.91. The third kappa shape index (κ3) is 2.15. The Hall–Kier alpha value is -1.48. The number of benzene rings is 1. The van der Waals surface area contributed by atoms with Crippen LogP contribution in [0.4, 0.5) is 0 Å². The van der Waals surface area contributed by atoms with Gasteiger partial charge in [-0.05, 0) is 18.9 Å². The lowest BCUT2D eigenvalue weighted by Crippen LogP contribution is -1.97. The zero-order valence-corrected chi connectivity index (χ0v) is 10.5. The normalized spacial score (nSPS) is 11.0. The standard InChI is InChI=1S/C14H19NO2/c1-3-8-16-12-7-5-6-11-10(4-2)13(9-15)17-14(11)12/h5-7H,3-4,8-9,15H2,1-2H3. The minimum absolute atomic E-state index is 0.436. The molecule has 3 heteroatoms. The number of furan rings is 1. The second-order valence-electron chi connectivity index (χ2n) is 4.04. The van der Waals surface area contributed by atoms with Gasteiger partial charge in [0.05, 0.1) is 13.2 Å². The number of hydrogen-bond donors (Lipinski definition) is 1. The van der Waals surface area contributed by atoms with Crippen LogP contribution in [-0.4, -0.2) is 6.61 Å². The van der Waals surface area contributed by atoms with Crippen LogP contribution < -0.4 is 10.5 Å². The lowest BCUT2D eigenvalue weighted by molar-refractivity contribution is 0.315. The van der Waals surface area contributed by atoms with Crippen LogP contribution >= 0.6 is 0 Å². The number of aryl methyl sites for hydroxylation is 1. The van der Waals surface area contributed by atoms with Crippen LogP contribution in [-0.2, 0) is 13.0 Å². The molecule has 0 aliphatic rings. The van der Waals surface area contributed by atoms with Crippen LogP contribution in [0.1, 0.15) is 31.6 Å². The molecule has 0 bridgehead atoms. The molecule has 0 aliphatic heterocycles. The lowest BCUT2D eigenvalue weighted by atomic mass is 10.1. The molecule has 2 N–H and O–H groups in total. The molecule has 0 amide bonds. The zero-order chi connectivity index (χ0) is 12.3. The van der Waals surface area contributed by atoms with Gasteiger partial charge >= 0.3 is 0 Å². The van der Waals surface area contributed by atoms with E-state index in [0.717, 1.165) is 35.3 Å². The molecule has 2 rings (SSSR count). The van der Waals surface area contributed by atoms with Crippen molar-refractivity contribution in [2.75, 3.05) is 6.61 Å². The maximum Gasteiger partial charge on any atom is 0.176 e. The van der Waals surface area contributed by atoms with Crippen molar-refractivity contribution in [2.45, 2.75) is 33.2 Å². The van der Waals surface area contributed by atoms with E-state index in [2.05, 4.69) is 19.9 Å². The van der Waals surface area contributed by atoms with Crippen molar-refractivity contribution in [3.63, 3.8) is 0 Å². The molecule has 17 heavy (non-hydrogen) atoms. The summed E-state index contributed by atoms with van der Waals surface area (Å²) >= 11 is 0. The van der Waals surface area contributed by atoms with Crippen molar-refractivity contribution in [1.82, 2.24) is 0 Å². The molecule has 0 radical (unpaired) electrons. The molecule has 1 aromatic carbocycles. The van der Waals surface area contributed by atoms with Crippen molar-refractivity contribution in [3.8, 4) is 5.75 Å². The molecule has 2 aromatic rings. The van der Waals surface area contributed by atoms with E-state index in [1.807, 2.05) is 12.1 Å². The van der Waals surface area contributed by atoms with E-state index in [0.29, 0.717) is 13.2 Å². The Bertz CT molecular complexity index is 502. The molecule has 0 fully saturated rings. The van der Waals surface area contributed by atoms with Crippen LogP contribution in [0.5, 0.6) is 5.75 Å². The highest BCUT2D eigenvalue weighted by atomic mass is 16.5. The maximum absolute atomic E-state index is 5.82. The summed E-state index contributed by atoms with van der Waals surface area (Å²) in [5, 5.41) is 1.13. The Morgan fingerprint density at radius 1 is 1.29 bits per heavy atom. The molecule has 1 aromatic heterocycles. The number of hydrogen-bond acceptors (Lipinski definition) is 3. The molecule has 0 unspecified atom stereocenters. The molecular formula is C14H19NO2. The van der Waals surface area contributed by atoms with Crippen LogP contribution in [0.25, 0.3) is 11.0 Å². The molecule has 0 atom stereocenters. The SMILES string of the molecule is CCCOc1cccc2c(CC)c(CN)oc12. The van der Waals surface area contributed by atoms with Gasteiger partial charge in [0.25, 0.3) is 0 Å². The fourth-order valence-electron chi connectivity index (χ4n) is 2.07. The van der Waals surface area contributed by atoms with E-state index in [1.165, 1.54) is 5.56 Å². The van der Waals surface area contributed by atoms with E-state index in [-0.39, 0.29) is 0 Å². The van der Waals surface area contributed by atoms with Gasteiger partial charge in [0.2, 0.25) is 0 Å². The first-order valence-electron chi connectivity index (χ1n) is 6.17. The molecule has 1 heterocycles. The summed E-state index contributed by atoms with van der Waals surface area (Å²) in [4.78, 5) is 0. The van der Waals surface area contributed by atoms with E-state index in [1.54, 1.807) is 0 Å². The van der Waals surface area contributed by atoms with Gasteiger partial charge in [0.15, 0.2) is 11.3 Å². The predicted molar refractivity (Wildman–Crippen MR) is 69.3 cm³/mol. The summed E-state index contributed by atoms with van der Waals surface area (Å²) < 4.78 is 11.5. The third-order valence-electron chi connectivity index (χ3n) is 2.87. The molecule has 0 saturated heterocycles. The maximum atomic E-state index is 5.82. The highest BCUT2D eigenvalue weighted by Gasteiger charge is 2.14. The average molecular weight is 233 g/mol. The minimum Gasteiger partial charge on any atom is -0.490 e. The van der Waals surface area contributed by atoms with Gasteiger partial charge in [0.1, 0.15) is 5.76 Å². The summed E-state index contributed by atoms with van der Waals surface area (Å²) in [7, 11) is 0. The van der Waals surface area contributed by atoms with Crippen molar-refractivity contribution in [1.29, 1.82) is 0 Å². The Morgan fingerprint density at radius 3 is 2.76 bits per heavy atom. The fraction of sp³-hybridized carbons (Fsp3) is 0.429. The second kappa shape index (κ2) is 5.23. The quantitative estimate of drug-likeness (QED) is 0.862. The predicted octanol–water partition coefficient (Wildman–Crippen LogP) is 3.24. The van der Waals surface area contributed by atoms with Gasteiger partial charge in [-0.1, -0.05) is 26.0 Å². The largest absolute Gasteiger partial charge is 0.490 e. The van der Waals surface area contributed by atoms with Crippen molar-refractivity contribution < 1.29 is 9.15 Å². The van der Waals surface area contributed by atoms with E-state index >= 15 is 0 Å². The molecule has 3 nitrogen and oxygen atoms in total. The van der Waals surface area contributed by atoms with Crippen LogP contribution in [0.3, 0.4) is 0 Å². The molecule has 0 aliphatic carbocycles. The summed E-state index contributed by atoms with van der Waals surface area (Å²) in [5.74, 6) is 1.69. The molecular weight excluding hydrogens is 214 g/mol. The van der Waals surface area contributed by atoms with E-state index in [9.17, 15) is 0 Å². The van der Waals surface area contributed by atoms with Crippen LogP contribution in [0.2, 0.25) is 0 Å². The lowest BCUT2D eigenvalue weighted by Gasteiger charge is -2.04. The van der Waals surface area contributed by atoms with Crippen molar-refractivity contribution in [2.24, 2.45) is 5.73 Å². The van der Waals surface area contributed by atoms with Gasteiger partial charge < -0.3 is 14.9 Å². The van der Waals surface area contributed by atoms with Crippen LogP contribution in [0, 0.1) is 0 Å². The van der Waals surface area contributed by atoms with E-state index in [4.69, 9.17) is 14.9 Å². The van der Waals surface area contributed by atoms with Gasteiger partial charge in [0, 0.05) is 10.9 Å². The minimum atomic E-state index is 0.436. The average Bonchev–Trinajstić information content (AvgIpc) is 2.74. The Morgan fingerprint density at radius 2 is 2.12 bits per heavy atom. The molecule has 92 valence electrons. The van der Waals surface area contributed by atoms with Crippen molar-refractivity contribution in [3.05, 3.63) is 29.5 Å². The number of fused-ring (bicyclic) bond motifs is 1. The smallest absolute Gasteiger partial charge is 0.176 e. The number of rotatable bonds is 5. The highest BCUT2D eigenvalue weighted by molar-refractivity contribution is 5.87. The van der Waals surface area contributed by atoms with Crippen LogP contribution in [0.15, 0.2) is 22.6 Å². The summed E-state index contributed by atoms with van der Waals surface area (Å²) in [6, 6.07) is 6.01. The summed E-state index contributed by atoms with van der Waals surface area (Å²) in [5.41, 5.74) is 7.74. The zero-order valence-electron chi connectivity index (χ0n) is 10.5. The monoisotopic (exact) mass is 233 g/mol. The van der Waals surface area contributed by atoms with Gasteiger partial charge in [-0.3, -0.25) is 0 Å². The highest BCUT2D eigenvalue weighted by Crippen LogP contribution is 2.33. The van der Waals surface area contributed by atoms with Gasteiger partial charge in [-0.15, -0.1) is 0 Å². The Kier molecular flexibility index (Phi) is 3.69. The van der Waals surface area contributed by atoms with Crippen molar-refractivity contribution >= 4 is 11.0 Å². The summed E-state index contributed by atoms with van der Waals surface area (Å²) in [6.45, 7) is 5.35. The fourth-order valence-corrected chi connectivity index (χ4v) is 2.07. The third-order valence-corrected chi connectivity index (χ3v) is 2.87. The topological polar surface area (TPSA) is 48.4 Å². The number of para-hydroxylation sites is 1. The molecule has 0 saturated carbocycles. The number of nitrogens with two attached hydrogens (primary N) is 1. The molecule has 0 spiro atoms. The van der Waals surface area contributed by atoms with Gasteiger partial charge in [-0.2, -0.15) is 0 Å².